The highest BCUT2D eigenvalue weighted by Gasteiger charge is 2.43. The van der Waals surface area contributed by atoms with Gasteiger partial charge < -0.3 is 28.4 Å². The van der Waals surface area contributed by atoms with Gasteiger partial charge in [0.2, 0.25) is 0 Å². The zero-order chi connectivity index (χ0) is 44.5. The third-order valence-corrected chi connectivity index (χ3v) is 13.0. The van der Waals surface area contributed by atoms with Crippen LogP contribution in [0.5, 0.6) is 11.5 Å². The molecule has 6 aromatic rings. The molecule has 0 bridgehead atoms. The number of fused-ring (bicyclic) bond motifs is 2. The normalized spacial score (nSPS) is 21.8. The minimum atomic E-state index is -0.252. The first-order valence-electron chi connectivity index (χ1n) is 22.0. The Morgan fingerprint density at radius 1 is 0.578 bits per heavy atom. The number of aromatic nitrogens is 4. The molecule has 0 unspecified atom stereocenters. The molecule has 0 spiro atoms. The number of amides is 2. The summed E-state index contributed by atoms with van der Waals surface area (Å²) in [6.07, 6.45) is 18.8. The van der Waals surface area contributed by atoms with Crippen LogP contribution in [0.15, 0.2) is 121 Å². The van der Waals surface area contributed by atoms with Crippen LogP contribution in [0.1, 0.15) is 97.1 Å². The predicted octanol–water partition coefficient (Wildman–Crippen LogP) is 10.5. The standard InChI is InChI=1S/2C26H26FN3O2/c2*1-17-15-29(16-28-17)24-11-6-18(13-25(24)32-2)12-20-14-22-4-3-5-23(30(22)26(20)31)19-7-9-21(27)10-8-19/h2*6-13,15-16,22-23H,3-5,14H2,1-2H3/b2*20-12+/t2*22-,23+/m10/s1. The van der Waals surface area contributed by atoms with Crippen molar-refractivity contribution in [2.45, 2.75) is 89.4 Å². The fourth-order valence-corrected chi connectivity index (χ4v) is 9.96. The van der Waals surface area contributed by atoms with Crippen molar-refractivity contribution >= 4 is 24.0 Å². The van der Waals surface area contributed by atoms with Gasteiger partial charge in [-0.1, -0.05) is 36.4 Å². The molecule has 328 valence electrons. The van der Waals surface area contributed by atoms with E-state index in [1.54, 1.807) is 51.1 Å². The monoisotopic (exact) mass is 862 g/mol. The Morgan fingerprint density at radius 2 is 0.984 bits per heavy atom. The highest BCUT2D eigenvalue weighted by molar-refractivity contribution is 6.01. The molecule has 0 radical (unpaired) electrons. The van der Waals surface area contributed by atoms with Crippen LogP contribution in [0.25, 0.3) is 23.5 Å². The molecule has 0 saturated carbocycles. The summed E-state index contributed by atoms with van der Waals surface area (Å²) in [5.74, 6) is 1.11. The maximum Gasteiger partial charge on any atom is 0.250 e. The summed E-state index contributed by atoms with van der Waals surface area (Å²) in [5, 5.41) is 0. The Morgan fingerprint density at radius 3 is 1.34 bits per heavy atom. The number of hydrogen-bond acceptors (Lipinski definition) is 6. The summed E-state index contributed by atoms with van der Waals surface area (Å²) in [4.78, 5) is 39.4. The van der Waals surface area contributed by atoms with E-state index in [4.69, 9.17) is 9.47 Å². The number of benzene rings is 4. The SMILES string of the molecule is COc1cc(/C=C2\C[C@@H]3CCC[C@H](c4ccc(F)cc4)N3C2=O)ccc1-n1cnc(C)c1.COc1cc(/C=C2\C[C@H]3CCC[C@@H](c4ccc(F)cc4)N3C2=O)ccc1-n1cnc(C)c1. The molecule has 4 aliphatic heterocycles. The summed E-state index contributed by atoms with van der Waals surface area (Å²) in [7, 11) is 3.29. The van der Waals surface area contributed by atoms with Gasteiger partial charge in [-0.05, 0) is 148 Å². The topological polar surface area (TPSA) is 94.7 Å². The van der Waals surface area contributed by atoms with E-state index in [0.29, 0.717) is 0 Å². The van der Waals surface area contributed by atoms with Gasteiger partial charge in [-0.15, -0.1) is 0 Å². The molecule has 4 saturated heterocycles. The molecule has 6 heterocycles. The molecule has 12 heteroatoms. The van der Waals surface area contributed by atoms with Crippen molar-refractivity contribution in [1.29, 1.82) is 0 Å². The molecule has 10 rings (SSSR count). The molecule has 4 aromatic carbocycles. The van der Waals surface area contributed by atoms with E-state index in [9.17, 15) is 18.4 Å². The summed E-state index contributed by atoms with van der Waals surface area (Å²) in [5.41, 5.74) is 9.19. The van der Waals surface area contributed by atoms with Crippen molar-refractivity contribution in [3.8, 4) is 22.9 Å². The Bertz CT molecular complexity index is 2550. The molecule has 64 heavy (non-hydrogen) atoms. The van der Waals surface area contributed by atoms with Gasteiger partial charge in [0.15, 0.2) is 0 Å². The fourth-order valence-electron chi connectivity index (χ4n) is 9.96. The van der Waals surface area contributed by atoms with Crippen LogP contribution in [-0.4, -0.2) is 67.0 Å². The van der Waals surface area contributed by atoms with Gasteiger partial charge in [0.05, 0.1) is 61.7 Å². The molecular weight excluding hydrogens is 811 g/mol. The third-order valence-electron chi connectivity index (χ3n) is 13.0. The molecular formula is C52H52F2N6O4. The number of rotatable bonds is 8. The third kappa shape index (κ3) is 8.61. The Balaban J connectivity index is 0.000000162. The van der Waals surface area contributed by atoms with Crippen molar-refractivity contribution in [2.75, 3.05) is 14.2 Å². The van der Waals surface area contributed by atoms with Crippen LogP contribution in [0.3, 0.4) is 0 Å². The quantitative estimate of drug-likeness (QED) is 0.142. The van der Waals surface area contributed by atoms with Gasteiger partial charge in [-0.25, -0.2) is 18.7 Å². The van der Waals surface area contributed by atoms with Crippen LogP contribution in [0, 0.1) is 25.5 Å². The average Bonchev–Trinajstić information content (AvgIpc) is 4.10. The fraction of sp³-hybridized carbons (Fsp3) is 0.308. The zero-order valence-electron chi connectivity index (χ0n) is 36.6. The van der Waals surface area contributed by atoms with Crippen molar-refractivity contribution in [3.05, 3.63) is 166 Å². The smallest absolute Gasteiger partial charge is 0.250 e. The van der Waals surface area contributed by atoms with Crippen LogP contribution >= 0.6 is 0 Å². The van der Waals surface area contributed by atoms with Crippen molar-refractivity contribution < 1.29 is 27.8 Å². The highest BCUT2D eigenvalue weighted by atomic mass is 19.1. The molecule has 4 atom stereocenters. The number of carbonyl (C=O) groups excluding carboxylic acids is 2. The Hall–Kier alpha value is -6.82. The second-order valence-electron chi connectivity index (χ2n) is 17.2. The maximum absolute atomic E-state index is 13.4. The maximum atomic E-state index is 13.4. The highest BCUT2D eigenvalue weighted by Crippen LogP contribution is 2.44. The van der Waals surface area contributed by atoms with Gasteiger partial charge in [-0.2, -0.15) is 0 Å². The number of carbonyl (C=O) groups is 2. The van der Waals surface area contributed by atoms with Gasteiger partial charge >= 0.3 is 0 Å². The number of imidazole rings is 2. The van der Waals surface area contributed by atoms with Crippen molar-refractivity contribution in [1.82, 2.24) is 28.9 Å². The average molecular weight is 863 g/mol. The second-order valence-corrected chi connectivity index (χ2v) is 17.2. The lowest BCUT2D eigenvalue weighted by molar-refractivity contribution is -0.131. The molecule has 4 aliphatic rings. The number of piperidine rings is 2. The number of methoxy groups -OCH3 is 2. The first-order valence-corrected chi connectivity index (χ1v) is 22.0. The lowest BCUT2D eigenvalue weighted by atomic mass is 9.91. The van der Waals surface area contributed by atoms with E-state index < -0.39 is 0 Å². The number of hydrogen-bond donors (Lipinski definition) is 0. The number of nitrogens with zero attached hydrogens (tertiary/aromatic N) is 6. The minimum Gasteiger partial charge on any atom is -0.495 e. The first-order chi connectivity index (χ1) is 31.1. The largest absolute Gasteiger partial charge is 0.495 e. The molecule has 4 fully saturated rings. The number of aryl methyl sites for hydroxylation is 2. The van der Waals surface area contributed by atoms with E-state index >= 15 is 0 Å². The summed E-state index contributed by atoms with van der Waals surface area (Å²) < 4.78 is 41.9. The Kier molecular flexibility index (Phi) is 12.0. The molecule has 10 nitrogen and oxygen atoms in total. The van der Waals surface area contributed by atoms with Crippen molar-refractivity contribution in [3.63, 3.8) is 0 Å². The van der Waals surface area contributed by atoms with E-state index in [2.05, 4.69) is 9.97 Å². The van der Waals surface area contributed by atoms with Gasteiger partial charge in [0.25, 0.3) is 11.8 Å². The van der Waals surface area contributed by atoms with Crippen LogP contribution in [0.4, 0.5) is 8.78 Å². The molecule has 0 N–H and O–H groups in total. The molecule has 0 aliphatic carbocycles. The van der Waals surface area contributed by atoms with Gasteiger partial charge in [0, 0.05) is 35.6 Å². The second kappa shape index (κ2) is 18.1. The summed E-state index contributed by atoms with van der Waals surface area (Å²) in [6.45, 7) is 3.89. The minimum absolute atomic E-state index is 0.00847. The Labute approximate surface area is 372 Å². The number of halogens is 2. The predicted molar refractivity (Wildman–Crippen MR) is 242 cm³/mol. The van der Waals surface area contributed by atoms with E-state index in [1.165, 1.54) is 24.3 Å². The van der Waals surface area contributed by atoms with E-state index in [0.717, 1.165) is 119 Å². The van der Waals surface area contributed by atoms with Gasteiger partial charge in [0.1, 0.15) is 23.1 Å². The van der Waals surface area contributed by atoms with Crippen LogP contribution < -0.4 is 9.47 Å². The van der Waals surface area contributed by atoms with Crippen molar-refractivity contribution in [2.24, 2.45) is 0 Å². The summed E-state index contributed by atoms with van der Waals surface area (Å²) >= 11 is 0. The van der Waals surface area contributed by atoms with E-state index in [1.807, 2.05) is 93.7 Å². The summed E-state index contributed by atoms with van der Waals surface area (Å²) in [6, 6.07) is 25.4. The molecule has 2 aromatic heterocycles. The number of ether oxygens (including phenoxy) is 2. The lowest BCUT2D eigenvalue weighted by Gasteiger charge is -2.37. The zero-order valence-corrected chi connectivity index (χ0v) is 36.6. The van der Waals surface area contributed by atoms with Crippen LogP contribution in [0.2, 0.25) is 0 Å². The van der Waals surface area contributed by atoms with Gasteiger partial charge in [-0.3, -0.25) is 9.59 Å². The molecule has 2 amide bonds. The van der Waals surface area contributed by atoms with E-state index in [-0.39, 0.29) is 47.6 Å². The lowest BCUT2D eigenvalue weighted by Crippen LogP contribution is -2.39. The van der Waals surface area contributed by atoms with Crippen LogP contribution in [-0.2, 0) is 9.59 Å². The first kappa shape index (κ1) is 42.5.